The van der Waals surface area contributed by atoms with Crippen LogP contribution in [0.2, 0.25) is 0 Å². The average Bonchev–Trinajstić information content (AvgIpc) is 3.83. The Kier molecular flexibility index (Phi) is 10.4. The number of H-pyrrole nitrogens is 2. The van der Waals surface area contributed by atoms with Gasteiger partial charge in [-0.2, -0.15) is 0 Å². The second-order valence-corrected chi connectivity index (χ2v) is 13.9. The Morgan fingerprint density at radius 1 is 0.537 bits per heavy atom. The van der Waals surface area contributed by atoms with E-state index in [9.17, 15) is 9.59 Å². The molecule has 2 aromatic carbocycles. The Balaban J connectivity index is 1.39. The van der Waals surface area contributed by atoms with Crippen LogP contribution in [-0.2, 0) is 22.4 Å². The number of benzene rings is 2. The van der Waals surface area contributed by atoms with Gasteiger partial charge in [-0.15, -0.1) is 0 Å². The number of esters is 2. The summed E-state index contributed by atoms with van der Waals surface area (Å²) in [6.07, 6.45) is 2.98. The summed E-state index contributed by atoms with van der Waals surface area (Å²) >= 11 is 0. The number of hydrogen-bond donors (Lipinski definition) is 2. The lowest BCUT2D eigenvalue weighted by molar-refractivity contribution is -0.135. The SMILES string of the molecule is CCc1c(C)c2cc3[nH]c(cc4nc(cc5nc(cc1[nH]2)C(C)=C5CCC(=O)Oc1ccccc1)C(CCC(=O)Oc1ccccc1)=C4C)c(C)c3CC. The molecule has 8 heteroatoms. The molecule has 5 aromatic rings. The first-order valence-electron chi connectivity index (χ1n) is 18.8. The molecule has 0 aliphatic carbocycles. The van der Waals surface area contributed by atoms with Crippen molar-refractivity contribution in [3.63, 3.8) is 0 Å². The largest absolute Gasteiger partial charge is 0.427 e. The van der Waals surface area contributed by atoms with E-state index in [2.05, 4.69) is 69.7 Å². The van der Waals surface area contributed by atoms with Gasteiger partial charge in [-0.25, -0.2) is 9.97 Å². The summed E-state index contributed by atoms with van der Waals surface area (Å²) < 4.78 is 11.3. The molecule has 2 aliphatic heterocycles. The zero-order valence-electron chi connectivity index (χ0n) is 31.9. The summed E-state index contributed by atoms with van der Waals surface area (Å²) in [5, 5.41) is 0. The van der Waals surface area contributed by atoms with Gasteiger partial charge in [0.2, 0.25) is 0 Å². The first-order chi connectivity index (χ1) is 26.1. The Morgan fingerprint density at radius 3 is 1.39 bits per heavy atom. The number of allylic oxidation sites excluding steroid dienone is 4. The van der Waals surface area contributed by atoms with E-state index in [1.165, 1.54) is 22.3 Å². The summed E-state index contributed by atoms with van der Waals surface area (Å²) in [5.41, 5.74) is 16.1. The Morgan fingerprint density at radius 2 is 0.944 bits per heavy atom. The lowest BCUT2D eigenvalue weighted by atomic mass is 9.98. The number of para-hydroxylation sites is 2. The third kappa shape index (κ3) is 7.42. The predicted octanol–water partition coefficient (Wildman–Crippen LogP) is 10.7. The van der Waals surface area contributed by atoms with Crippen molar-refractivity contribution in [1.29, 1.82) is 0 Å². The van der Waals surface area contributed by atoms with Gasteiger partial charge in [0.25, 0.3) is 0 Å². The number of rotatable bonds is 10. The molecule has 0 saturated heterocycles. The molecule has 5 heterocycles. The normalized spacial score (nSPS) is 12.7. The van der Waals surface area contributed by atoms with E-state index >= 15 is 0 Å². The molecule has 0 radical (unpaired) electrons. The number of nitrogens with one attached hydrogen (secondary N) is 2. The highest BCUT2D eigenvalue weighted by Gasteiger charge is 2.23. The maximum Gasteiger partial charge on any atom is 0.311 e. The number of nitrogens with zero attached hydrogens (tertiary/aromatic N) is 2. The van der Waals surface area contributed by atoms with Gasteiger partial charge in [0.05, 0.1) is 35.6 Å². The zero-order chi connectivity index (χ0) is 37.9. The van der Waals surface area contributed by atoms with E-state index in [4.69, 9.17) is 19.4 Å². The standard InChI is InChI=1S/C46H46N4O4/c1-7-33-27(3)37-23-38-29(5)35(19-21-45(51)53-31-15-11-9-12-16-31)43(49-38)26-44-36(20-22-46(52)54-32-17-13-10-14-18-32)30(6)40(50-44)25-42-34(8-2)28(4)39(48-42)24-41(33)47-37/h9-18,23-26,47-48H,7-8,19-22H2,1-6H3. The highest BCUT2D eigenvalue weighted by molar-refractivity contribution is 5.96. The van der Waals surface area contributed by atoms with E-state index in [0.29, 0.717) is 24.3 Å². The molecular formula is C46H46N4O4. The number of ether oxygens (including phenoxy) is 2. The summed E-state index contributed by atoms with van der Waals surface area (Å²) in [6.45, 7) is 12.8. The van der Waals surface area contributed by atoms with Crippen LogP contribution in [0.3, 0.4) is 0 Å². The van der Waals surface area contributed by atoms with Gasteiger partial charge in [0.1, 0.15) is 11.5 Å². The van der Waals surface area contributed by atoms with Crippen molar-refractivity contribution in [1.82, 2.24) is 19.9 Å². The molecule has 2 N–H and O–H groups in total. The smallest absolute Gasteiger partial charge is 0.311 e. The monoisotopic (exact) mass is 718 g/mol. The maximum absolute atomic E-state index is 13.1. The summed E-state index contributed by atoms with van der Waals surface area (Å²) in [6, 6.07) is 26.7. The van der Waals surface area contributed by atoms with E-state index in [1.807, 2.05) is 42.5 Å². The first kappa shape index (κ1) is 36.3. The van der Waals surface area contributed by atoms with Gasteiger partial charge in [0, 0.05) is 22.1 Å². The van der Waals surface area contributed by atoms with E-state index < -0.39 is 0 Å². The van der Waals surface area contributed by atoms with Crippen LogP contribution in [0.25, 0.3) is 44.4 Å². The molecule has 0 amide bonds. The average molecular weight is 719 g/mol. The molecule has 7 rings (SSSR count). The summed E-state index contributed by atoms with van der Waals surface area (Å²) in [4.78, 5) is 44.0. The second-order valence-electron chi connectivity index (χ2n) is 13.9. The Bertz CT molecular complexity index is 2490. The highest BCUT2D eigenvalue weighted by atomic mass is 16.5. The number of aryl methyl sites for hydroxylation is 4. The number of fused-ring (bicyclic) bond motifs is 8. The van der Waals surface area contributed by atoms with Crippen LogP contribution in [0.15, 0.2) is 84.9 Å². The van der Waals surface area contributed by atoms with Crippen LogP contribution in [0.4, 0.5) is 0 Å². The van der Waals surface area contributed by atoms with Gasteiger partial charge >= 0.3 is 11.9 Å². The molecular weight excluding hydrogens is 673 g/mol. The molecule has 8 bridgehead atoms. The van der Waals surface area contributed by atoms with E-state index in [-0.39, 0.29) is 24.8 Å². The van der Waals surface area contributed by atoms with Crippen molar-refractivity contribution >= 4 is 56.3 Å². The first-order valence-corrected chi connectivity index (χ1v) is 18.8. The third-order valence-electron chi connectivity index (χ3n) is 10.6. The molecule has 0 spiro atoms. The van der Waals surface area contributed by atoms with Crippen LogP contribution in [-0.4, -0.2) is 31.9 Å². The van der Waals surface area contributed by atoms with Crippen molar-refractivity contribution < 1.29 is 19.1 Å². The third-order valence-corrected chi connectivity index (χ3v) is 10.6. The lowest BCUT2D eigenvalue weighted by Crippen LogP contribution is -2.08. The van der Waals surface area contributed by atoms with Crippen molar-refractivity contribution in [2.45, 2.75) is 80.1 Å². The lowest BCUT2D eigenvalue weighted by Gasteiger charge is -2.08. The van der Waals surface area contributed by atoms with Gasteiger partial charge < -0.3 is 19.4 Å². The molecule has 8 nitrogen and oxygen atoms in total. The number of aromatic nitrogens is 4. The quantitative estimate of drug-likeness (QED) is 0.110. The highest BCUT2D eigenvalue weighted by Crippen LogP contribution is 2.38. The van der Waals surface area contributed by atoms with Gasteiger partial charge in [-0.1, -0.05) is 50.2 Å². The molecule has 3 aromatic heterocycles. The second kappa shape index (κ2) is 15.5. The number of carbonyl (C=O) groups excluding carboxylic acids is 2. The van der Waals surface area contributed by atoms with Crippen LogP contribution in [0, 0.1) is 13.8 Å². The number of carbonyl (C=O) groups is 2. The summed E-state index contributed by atoms with van der Waals surface area (Å²) in [5.74, 6) is 0.416. The van der Waals surface area contributed by atoms with Crippen LogP contribution >= 0.6 is 0 Å². The molecule has 0 atom stereocenters. The minimum absolute atomic E-state index is 0.182. The minimum Gasteiger partial charge on any atom is -0.427 e. The van der Waals surface area contributed by atoms with Gasteiger partial charge in [0.15, 0.2) is 0 Å². The topological polar surface area (TPSA) is 110 Å². The summed E-state index contributed by atoms with van der Waals surface area (Å²) in [7, 11) is 0. The van der Waals surface area contributed by atoms with Crippen LogP contribution < -0.4 is 9.47 Å². The Hall–Kier alpha value is -6.02. The molecule has 0 fully saturated rings. The predicted molar refractivity (Wildman–Crippen MR) is 217 cm³/mol. The molecule has 2 aliphatic rings. The van der Waals surface area contributed by atoms with Crippen molar-refractivity contribution in [3.05, 3.63) is 130 Å². The maximum atomic E-state index is 13.1. The van der Waals surface area contributed by atoms with Crippen molar-refractivity contribution in [3.8, 4) is 11.5 Å². The van der Waals surface area contributed by atoms with Crippen LogP contribution in [0.1, 0.15) is 98.4 Å². The van der Waals surface area contributed by atoms with Gasteiger partial charge in [-0.05, 0) is 146 Å². The minimum atomic E-state index is -0.311. The molecule has 54 heavy (non-hydrogen) atoms. The fraction of sp³-hybridized carbons (Fsp3) is 0.261. The van der Waals surface area contributed by atoms with E-state index in [0.717, 1.165) is 80.0 Å². The van der Waals surface area contributed by atoms with E-state index in [1.54, 1.807) is 24.3 Å². The van der Waals surface area contributed by atoms with Crippen molar-refractivity contribution in [2.24, 2.45) is 0 Å². The fourth-order valence-corrected chi connectivity index (χ4v) is 7.55. The molecule has 274 valence electrons. The molecule has 0 saturated carbocycles. The number of hydrogen-bond acceptors (Lipinski definition) is 6. The van der Waals surface area contributed by atoms with Gasteiger partial charge in [-0.3, -0.25) is 9.59 Å². The number of aromatic amines is 2. The fourth-order valence-electron chi connectivity index (χ4n) is 7.55. The Labute approximate surface area is 316 Å². The van der Waals surface area contributed by atoms with Crippen molar-refractivity contribution in [2.75, 3.05) is 0 Å². The molecule has 0 unspecified atom stereocenters. The zero-order valence-corrected chi connectivity index (χ0v) is 31.9. The van der Waals surface area contributed by atoms with Crippen LogP contribution in [0.5, 0.6) is 11.5 Å².